The van der Waals surface area contributed by atoms with Gasteiger partial charge in [0.1, 0.15) is 10.2 Å². The summed E-state index contributed by atoms with van der Waals surface area (Å²) in [5, 5.41) is 4.04. The summed E-state index contributed by atoms with van der Waals surface area (Å²) in [6.07, 6.45) is 5.48. The summed E-state index contributed by atoms with van der Waals surface area (Å²) in [6.45, 7) is 6.87. The molecule has 25 heavy (non-hydrogen) atoms. The highest BCUT2D eigenvalue weighted by atomic mass is 35.5. The molecule has 0 bridgehead atoms. The van der Waals surface area contributed by atoms with Gasteiger partial charge in [0.25, 0.3) is 0 Å². The smallest absolute Gasteiger partial charge is 0.244 e. The van der Waals surface area contributed by atoms with E-state index in [9.17, 15) is 4.79 Å². The third kappa shape index (κ3) is 5.48. The van der Waals surface area contributed by atoms with Crippen molar-refractivity contribution in [3.8, 4) is 5.75 Å². The van der Waals surface area contributed by atoms with E-state index in [2.05, 4.69) is 17.5 Å². The van der Waals surface area contributed by atoms with Crippen LogP contribution in [0.4, 0.5) is 0 Å². The van der Waals surface area contributed by atoms with Gasteiger partial charge in [0.2, 0.25) is 5.91 Å². The molecule has 1 N–H and O–H groups in total. The number of ether oxygens (including phenoxy) is 1. The number of allylic oxidation sites excluding steroid dienone is 1. The Morgan fingerprint density at radius 2 is 2.00 bits per heavy atom. The summed E-state index contributed by atoms with van der Waals surface area (Å²) >= 11 is 11.4. The molecule has 1 amide bonds. The number of amides is 1. The van der Waals surface area contributed by atoms with Gasteiger partial charge in [-0.1, -0.05) is 50.4 Å². The lowest BCUT2D eigenvalue weighted by Crippen LogP contribution is -2.21. The number of unbranched alkanes of at least 4 members (excludes halogenated alkanes) is 1. The number of nitrogens with one attached hydrogen (secondary N) is 1. The summed E-state index contributed by atoms with van der Waals surface area (Å²) in [6, 6.07) is 7.59. The fraction of sp³-hybridized carbons (Fsp3) is 0.474. The van der Waals surface area contributed by atoms with Crippen molar-refractivity contribution in [3.63, 3.8) is 0 Å². The monoisotopic (exact) mass is 382 g/mol. The van der Waals surface area contributed by atoms with Crippen LogP contribution in [0, 0.1) is 17.3 Å². The second-order valence-corrected chi connectivity index (χ2v) is 7.79. The maximum atomic E-state index is 12.2. The van der Waals surface area contributed by atoms with Crippen molar-refractivity contribution < 1.29 is 9.53 Å². The zero-order valence-electron chi connectivity index (χ0n) is 14.8. The molecule has 1 aliphatic carbocycles. The van der Waals surface area contributed by atoms with E-state index in [1.807, 2.05) is 38.1 Å². The molecule has 2 atom stereocenters. The molecule has 1 aromatic carbocycles. The van der Waals surface area contributed by atoms with E-state index in [-0.39, 0.29) is 27.6 Å². The SMILES string of the molecule is CCCCOc1ccc(/C=N/NC(=O)C2C(C=C(Cl)Cl)C2(C)C)cc1. The first-order valence-electron chi connectivity index (χ1n) is 8.45. The number of benzene rings is 1. The lowest BCUT2D eigenvalue weighted by molar-refractivity contribution is -0.123. The average molecular weight is 383 g/mol. The largest absolute Gasteiger partial charge is 0.494 e. The highest BCUT2D eigenvalue weighted by molar-refractivity contribution is 6.55. The van der Waals surface area contributed by atoms with Gasteiger partial charge in [-0.15, -0.1) is 0 Å². The molecule has 0 aliphatic heterocycles. The molecule has 2 rings (SSSR count). The van der Waals surface area contributed by atoms with Crippen LogP contribution in [0.2, 0.25) is 0 Å². The molecule has 0 radical (unpaired) electrons. The minimum absolute atomic E-state index is 0.0345. The van der Waals surface area contributed by atoms with Crippen molar-refractivity contribution in [2.75, 3.05) is 6.61 Å². The Morgan fingerprint density at radius 1 is 1.32 bits per heavy atom. The summed E-state index contributed by atoms with van der Waals surface area (Å²) in [5.74, 6) is 0.567. The number of carbonyl (C=O) groups excluding carboxylic acids is 1. The fourth-order valence-corrected chi connectivity index (χ4v) is 3.12. The molecule has 1 saturated carbocycles. The maximum Gasteiger partial charge on any atom is 0.244 e. The van der Waals surface area contributed by atoms with Crippen molar-refractivity contribution in [2.45, 2.75) is 33.6 Å². The highest BCUT2D eigenvalue weighted by Crippen LogP contribution is 2.59. The first kappa shape index (κ1) is 19.8. The summed E-state index contributed by atoms with van der Waals surface area (Å²) in [7, 11) is 0. The first-order valence-corrected chi connectivity index (χ1v) is 9.20. The van der Waals surface area contributed by atoms with Gasteiger partial charge in [-0.05, 0) is 53.7 Å². The molecule has 1 aromatic rings. The average Bonchev–Trinajstić information content (AvgIpc) is 3.08. The van der Waals surface area contributed by atoms with E-state index in [1.54, 1.807) is 12.3 Å². The molecule has 0 aromatic heterocycles. The molecule has 4 nitrogen and oxygen atoms in total. The molecule has 0 saturated heterocycles. The maximum absolute atomic E-state index is 12.2. The number of hydrogen-bond donors (Lipinski definition) is 1. The lowest BCUT2D eigenvalue weighted by atomic mass is 10.1. The minimum atomic E-state index is -0.175. The van der Waals surface area contributed by atoms with Gasteiger partial charge in [0.05, 0.1) is 18.7 Å². The molecule has 6 heteroatoms. The Balaban J connectivity index is 1.85. The van der Waals surface area contributed by atoms with Gasteiger partial charge < -0.3 is 4.74 Å². The standard InChI is InChI=1S/C19H24Cl2N2O2/c1-4-5-10-25-14-8-6-13(7-9-14)12-22-23-18(24)17-15(11-16(20)21)19(17,2)3/h6-9,11-12,15,17H,4-5,10H2,1-3H3,(H,23,24)/b22-12+. The van der Waals surface area contributed by atoms with Crippen molar-refractivity contribution in [1.29, 1.82) is 0 Å². The van der Waals surface area contributed by atoms with E-state index < -0.39 is 0 Å². The summed E-state index contributed by atoms with van der Waals surface area (Å²) in [5.41, 5.74) is 3.32. The van der Waals surface area contributed by atoms with Gasteiger partial charge in [-0.2, -0.15) is 5.10 Å². The van der Waals surface area contributed by atoms with E-state index >= 15 is 0 Å². The van der Waals surface area contributed by atoms with Gasteiger partial charge in [0, 0.05) is 0 Å². The molecule has 1 aliphatic rings. The quantitative estimate of drug-likeness (QED) is 0.394. The Labute approximate surface area is 159 Å². The Bertz CT molecular complexity index is 650. The van der Waals surface area contributed by atoms with Gasteiger partial charge >= 0.3 is 0 Å². The predicted octanol–water partition coefficient (Wildman–Crippen LogP) is 4.91. The number of nitrogens with zero attached hydrogens (tertiary/aromatic N) is 1. The summed E-state index contributed by atoms with van der Waals surface area (Å²) < 4.78 is 5.80. The number of carbonyl (C=O) groups is 1. The number of halogens is 2. The molecule has 2 unspecified atom stereocenters. The van der Waals surface area contributed by atoms with Crippen LogP contribution in [-0.2, 0) is 4.79 Å². The van der Waals surface area contributed by atoms with E-state index in [1.165, 1.54) is 0 Å². The summed E-state index contributed by atoms with van der Waals surface area (Å²) in [4.78, 5) is 12.2. The van der Waals surface area contributed by atoms with Crippen LogP contribution in [0.1, 0.15) is 39.2 Å². The molecule has 1 fully saturated rings. The Morgan fingerprint density at radius 3 is 2.60 bits per heavy atom. The number of hydrogen-bond acceptors (Lipinski definition) is 3. The third-order valence-corrected chi connectivity index (χ3v) is 4.79. The van der Waals surface area contributed by atoms with Gasteiger partial charge in [-0.25, -0.2) is 5.43 Å². The molecular formula is C19H24Cl2N2O2. The van der Waals surface area contributed by atoms with Crippen molar-refractivity contribution in [2.24, 2.45) is 22.4 Å². The lowest BCUT2D eigenvalue weighted by Gasteiger charge is -2.05. The van der Waals surface area contributed by atoms with Crippen molar-refractivity contribution in [3.05, 3.63) is 40.4 Å². The van der Waals surface area contributed by atoms with Crippen LogP contribution in [0.5, 0.6) is 5.75 Å². The topological polar surface area (TPSA) is 50.7 Å². The number of rotatable bonds is 8. The van der Waals surface area contributed by atoms with Crippen molar-refractivity contribution in [1.82, 2.24) is 5.43 Å². The van der Waals surface area contributed by atoms with Crippen LogP contribution in [-0.4, -0.2) is 18.7 Å². The number of hydrazone groups is 1. The van der Waals surface area contributed by atoms with Gasteiger partial charge in [-0.3, -0.25) is 4.79 Å². The third-order valence-electron chi connectivity index (χ3n) is 4.53. The normalized spacial score (nSPS) is 21.0. The second-order valence-electron chi connectivity index (χ2n) is 6.79. The zero-order chi connectivity index (χ0) is 18.4. The molecule has 136 valence electrons. The van der Waals surface area contributed by atoms with Crippen LogP contribution in [0.3, 0.4) is 0 Å². The van der Waals surface area contributed by atoms with E-state index in [0.717, 1.165) is 30.8 Å². The zero-order valence-corrected chi connectivity index (χ0v) is 16.3. The van der Waals surface area contributed by atoms with Crippen molar-refractivity contribution >= 4 is 35.3 Å². The second kappa shape index (κ2) is 8.72. The van der Waals surface area contributed by atoms with Gasteiger partial charge in [0.15, 0.2) is 0 Å². The fourth-order valence-electron chi connectivity index (χ4n) is 2.85. The Hall–Kier alpha value is -1.52. The molecule has 0 spiro atoms. The highest BCUT2D eigenvalue weighted by Gasteiger charge is 2.60. The minimum Gasteiger partial charge on any atom is -0.494 e. The van der Waals surface area contributed by atoms with Crippen LogP contribution in [0.15, 0.2) is 39.9 Å². The molecular weight excluding hydrogens is 359 g/mol. The van der Waals surface area contributed by atoms with Crippen LogP contribution >= 0.6 is 23.2 Å². The Kier molecular flexibility index (Phi) is 6.91. The first-order chi connectivity index (χ1) is 11.9. The van der Waals surface area contributed by atoms with E-state index in [4.69, 9.17) is 27.9 Å². The van der Waals surface area contributed by atoms with Crippen LogP contribution in [0.25, 0.3) is 0 Å². The van der Waals surface area contributed by atoms with E-state index in [0.29, 0.717) is 0 Å². The van der Waals surface area contributed by atoms with Crippen LogP contribution < -0.4 is 10.2 Å². The predicted molar refractivity (Wildman–Crippen MR) is 103 cm³/mol. The molecule has 0 heterocycles.